The van der Waals surface area contributed by atoms with Gasteiger partial charge >= 0.3 is 12.0 Å². The quantitative estimate of drug-likeness (QED) is 0.931. The van der Waals surface area contributed by atoms with Crippen LogP contribution in [0.4, 0.5) is 10.5 Å². The smallest absolute Gasteiger partial charge is 0.325 e. The van der Waals surface area contributed by atoms with Gasteiger partial charge in [-0.1, -0.05) is 32.0 Å². The summed E-state index contributed by atoms with van der Waals surface area (Å²) in [7, 11) is 0. The molecule has 0 spiro atoms. The van der Waals surface area contributed by atoms with Crippen LogP contribution in [-0.4, -0.2) is 41.6 Å². The Kier molecular flexibility index (Phi) is 4.50. The molecule has 1 N–H and O–H groups in total. The largest absolute Gasteiger partial charge is 0.480 e. The zero-order valence-electron chi connectivity index (χ0n) is 12.6. The topological polar surface area (TPSA) is 60.9 Å². The molecule has 114 valence electrons. The van der Waals surface area contributed by atoms with Crippen molar-refractivity contribution in [2.24, 2.45) is 5.41 Å². The number of carbonyl (C=O) groups excluding carboxylic acids is 1. The van der Waals surface area contributed by atoms with E-state index >= 15 is 0 Å². The zero-order chi connectivity index (χ0) is 15.5. The van der Waals surface area contributed by atoms with Gasteiger partial charge in [-0.3, -0.25) is 9.69 Å². The Morgan fingerprint density at radius 2 is 1.76 bits per heavy atom. The predicted molar refractivity (Wildman–Crippen MR) is 81.4 cm³/mol. The third kappa shape index (κ3) is 3.97. The van der Waals surface area contributed by atoms with Crippen LogP contribution in [0.3, 0.4) is 0 Å². The van der Waals surface area contributed by atoms with Crippen molar-refractivity contribution < 1.29 is 14.7 Å². The van der Waals surface area contributed by atoms with Crippen LogP contribution >= 0.6 is 0 Å². The normalized spacial score (nSPS) is 17.3. The van der Waals surface area contributed by atoms with E-state index in [-0.39, 0.29) is 18.0 Å². The van der Waals surface area contributed by atoms with Crippen molar-refractivity contribution in [2.75, 3.05) is 24.5 Å². The summed E-state index contributed by atoms with van der Waals surface area (Å²) >= 11 is 0. The van der Waals surface area contributed by atoms with E-state index in [0.29, 0.717) is 18.8 Å². The van der Waals surface area contributed by atoms with Gasteiger partial charge in [-0.05, 0) is 30.4 Å². The third-order valence-corrected chi connectivity index (χ3v) is 3.98. The van der Waals surface area contributed by atoms with Crippen molar-refractivity contribution in [1.29, 1.82) is 0 Å². The molecule has 1 heterocycles. The van der Waals surface area contributed by atoms with E-state index in [1.165, 1.54) is 4.90 Å². The van der Waals surface area contributed by atoms with Crippen molar-refractivity contribution in [3.05, 3.63) is 30.3 Å². The molecular formula is C16H22N2O3. The van der Waals surface area contributed by atoms with E-state index in [2.05, 4.69) is 13.8 Å². The van der Waals surface area contributed by atoms with Gasteiger partial charge in [0, 0.05) is 18.8 Å². The number of rotatable bonds is 3. The number of carboxylic acid groups (broad SMARTS) is 1. The Bertz CT molecular complexity index is 504. The van der Waals surface area contributed by atoms with Gasteiger partial charge in [-0.25, -0.2) is 4.79 Å². The number of anilines is 1. The fourth-order valence-corrected chi connectivity index (χ4v) is 2.49. The van der Waals surface area contributed by atoms with Crippen LogP contribution < -0.4 is 4.90 Å². The number of carboxylic acids is 1. The molecule has 0 bridgehead atoms. The Morgan fingerprint density at radius 1 is 1.19 bits per heavy atom. The molecule has 21 heavy (non-hydrogen) atoms. The van der Waals surface area contributed by atoms with E-state index < -0.39 is 5.97 Å². The summed E-state index contributed by atoms with van der Waals surface area (Å²) in [5.74, 6) is -1.01. The van der Waals surface area contributed by atoms with Crippen molar-refractivity contribution in [1.82, 2.24) is 4.90 Å². The summed E-state index contributed by atoms with van der Waals surface area (Å²) in [6.45, 7) is 5.42. The van der Waals surface area contributed by atoms with Crippen LogP contribution in [0, 0.1) is 5.41 Å². The molecule has 0 unspecified atom stereocenters. The maximum Gasteiger partial charge on any atom is 0.325 e. The Balaban J connectivity index is 2.14. The van der Waals surface area contributed by atoms with Crippen LogP contribution in [0.2, 0.25) is 0 Å². The van der Waals surface area contributed by atoms with Crippen LogP contribution in [0.5, 0.6) is 0 Å². The molecule has 0 saturated carbocycles. The first-order chi connectivity index (χ1) is 9.89. The Hall–Kier alpha value is -2.04. The highest BCUT2D eigenvalue weighted by Gasteiger charge is 2.31. The fourth-order valence-electron chi connectivity index (χ4n) is 2.49. The van der Waals surface area contributed by atoms with Gasteiger partial charge in [0.15, 0.2) is 0 Å². The molecule has 1 aliphatic rings. The highest BCUT2D eigenvalue weighted by molar-refractivity contribution is 5.96. The first-order valence-corrected chi connectivity index (χ1v) is 7.22. The van der Waals surface area contributed by atoms with E-state index in [4.69, 9.17) is 5.11 Å². The lowest BCUT2D eigenvalue weighted by Crippen LogP contribution is -2.49. The lowest BCUT2D eigenvalue weighted by molar-refractivity contribution is -0.135. The molecule has 0 radical (unpaired) electrons. The first-order valence-electron chi connectivity index (χ1n) is 7.22. The first kappa shape index (κ1) is 15.4. The SMILES string of the molecule is CC1(C)CCN(C(=O)N(CC(=O)O)c2ccccc2)CC1. The number of benzene rings is 1. The fraction of sp³-hybridized carbons (Fsp3) is 0.500. The number of nitrogens with zero attached hydrogens (tertiary/aromatic N) is 2. The molecule has 2 amide bonds. The predicted octanol–water partition coefficient (Wildman–Crippen LogP) is 2.82. The molecule has 1 fully saturated rings. The summed E-state index contributed by atoms with van der Waals surface area (Å²) in [6, 6.07) is 8.74. The van der Waals surface area contributed by atoms with Gasteiger partial charge < -0.3 is 10.0 Å². The number of hydrogen-bond acceptors (Lipinski definition) is 2. The lowest BCUT2D eigenvalue weighted by Gasteiger charge is -2.39. The van der Waals surface area contributed by atoms with Gasteiger partial charge in [-0.2, -0.15) is 0 Å². The average molecular weight is 290 g/mol. The minimum atomic E-state index is -1.01. The zero-order valence-corrected chi connectivity index (χ0v) is 12.6. The molecule has 5 heteroatoms. The molecule has 1 aromatic rings. The van der Waals surface area contributed by atoms with Crippen molar-refractivity contribution in [3.8, 4) is 0 Å². The molecule has 0 aliphatic carbocycles. The molecular weight excluding hydrogens is 268 g/mol. The lowest BCUT2D eigenvalue weighted by atomic mass is 9.83. The summed E-state index contributed by atoms with van der Waals surface area (Å²) in [5, 5.41) is 9.06. The Labute approximate surface area is 125 Å². The summed E-state index contributed by atoms with van der Waals surface area (Å²) in [4.78, 5) is 26.8. The maximum atomic E-state index is 12.6. The average Bonchev–Trinajstić information content (AvgIpc) is 2.45. The van der Waals surface area contributed by atoms with Gasteiger partial charge in [0.05, 0.1) is 0 Å². The van der Waals surface area contributed by atoms with Gasteiger partial charge in [0.25, 0.3) is 0 Å². The minimum Gasteiger partial charge on any atom is -0.480 e. The van der Waals surface area contributed by atoms with Crippen LogP contribution in [-0.2, 0) is 4.79 Å². The molecule has 0 atom stereocenters. The number of para-hydroxylation sites is 1. The van der Waals surface area contributed by atoms with Crippen molar-refractivity contribution >= 4 is 17.7 Å². The number of piperidine rings is 1. The van der Waals surface area contributed by atoms with Crippen LogP contribution in [0.25, 0.3) is 0 Å². The van der Waals surface area contributed by atoms with E-state index in [1.54, 1.807) is 29.2 Å². The number of amides is 2. The molecule has 5 nitrogen and oxygen atoms in total. The van der Waals surface area contributed by atoms with Crippen LogP contribution in [0.15, 0.2) is 30.3 Å². The molecule has 1 aliphatic heterocycles. The number of aliphatic carboxylic acids is 1. The molecule has 1 saturated heterocycles. The van der Waals surface area contributed by atoms with Gasteiger partial charge in [0.2, 0.25) is 0 Å². The second kappa shape index (κ2) is 6.16. The second-order valence-electron chi connectivity index (χ2n) is 6.25. The van der Waals surface area contributed by atoms with Gasteiger partial charge in [0.1, 0.15) is 6.54 Å². The molecule has 2 rings (SSSR count). The number of carbonyl (C=O) groups is 2. The number of likely N-dealkylation sites (tertiary alicyclic amines) is 1. The van der Waals surface area contributed by atoms with E-state index in [9.17, 15) is 9.59 Å². The molecule has 1 aromatic carbocycles. The Morgan fingerprint density at radius 3 is 2.29 bits per heavy atom. The number of hydrogen-bond donors (Lipinski definition) is 1. The third-order valence-electron chi connectivity index (χ3n) is 3.98. The monoisotopic (exact) mass is 290 g/mol. The standard InChI is InChI=1S/C16H22N2O3/c1-16(2)8-10-17(11-9-16)15(21)18(12-14(19)20)13-6-4-3-5-7-13/h3-7H,8-12H2,1-2H3,(H,19,20). The summed E-state index contributed by atoms with van der Waals surface area (Å²) in [6.07, 6.45) is 1.88. The van der Waals surface area contributed by atoms with Crippen molar-refractivity contribution in [2.45, 2.75) is 26.7 Å². The second-order valence-corrected chi connectivity index (χ2v) is 6.25. The minimum absolute atomic E-state index is 0.223. The van der Waals surface area contributed by atoms with Crippen molar-refractivity contribution in [3.63, 3.8) is 0 Å². The van der Waals surface area contributed by atoms with E-state index in [1.807, 2.05) is 6.07 Å². The summed E-state index contributed by atoms with van der Waals surface area (Å²) in [5.41, 5.74) is 0.871. The van der Waals surface area contributed by atoms with Gasteiger partial charge in [-0.15, -0.1) is 0 Å². The number of urea groups is 1. The maximum absolute atomic E-state index is 12.6. The highest BCUT2D eigenvalue weighted by Crippen LogP contribution is 2.30. The summed E-state index contributed by atoms with van der Waals surface area (Å²) < 4.78 is 0. The highest BCUT2D eigenvalue weighted by atomic mass is 16.4. The van der Waals surface area contributed by atoms with E-state index in [0.717, 1.165) is 12.8 Å². The van der Waals surface area contributed by atoms with Crippen LogP contribution in [0.1, 0.15) is 26.7 Å². The molecule has 0 aromatic heterocycles.